The number of aryl methyl sites for hydroxylation is 1. The van der Waals surface area contributed by atoms with Gasteiger partial charge < -0.3 is 14.4 Å². The minimum absolute atomic E-state index is 0.366. The highest BCUT2D eigenvalue weighted by Crippen LogP contribution is 2.43. The first kappa shape index (κ1) is 14.5. The predicted octanol–water partition coefficient (Wildman–Crippen LogP) is 2.31. The van der Waals surface area contributed by atoms with Crippen LogP contribution in [0.2, 0.25) is 0 Å². The maximum atomic E-state index is 10.6. The predicted molar refractivity (Wildman–Crippen MR) is 74.9 cm³/mol. The Morgan fingerprint density at radius 1 is 1.37 bits per heavy atom. The number of rotatable bonds is 4. The summed E-state index contributed by atoms with van der Waals surface area (Å²) in [7, 11) is 3.68. The summed E-state index contributed by atoms with van der Waals surface area (Å²) in [5, 5.41) is 10.6. The van der Waals surface area contributed by atoms with E-state index in [-0.39, 0.29) is 0 Å². The van der Waals surface area contributed by atoms with Crippen LogP contribution in [-0.2, 0) is 18.2 Å². The topological polar surface area (TPSA) is 47.3 Å². The molecule has 0 saturated heterocycles. The summed E-state index contributed by atoms with van der Waals surface area (Å²) in [5.41, 5.74) is -0.0353. The second-order valence-electron chi connectivity index (χ2n) is 6.61. The van der Waals surface area contributed by atoms with E-state index >= 15 is 0 Å². The zero-order chi connectivity index (χ0) is 14.1. The van der Waals surface area contributed by atoms with E-state index in [1.165, 1.54) is 0 Å². The lowest BCUT2D eigenvalue weighted by atomic mass is 9.68. The largest absolute Gasteiger partial charge is 0.390 e. The number of hydrogen-bond acceptors (Lipinski definition) is 3. The number of aliphatic hydroxyl groups excluding tert-OH is 1. The van der Waals surface area contributed by atoms with Gasteiger partial charge in [0.05, 0.1) is 11.7 Å². The highest BCUT2D eigenvalue weighted by molar-refractivity contribution is 5.01. The third-order valence-corrected chi connectivity index (χ3v) is 4.76. The van der Waals surface area contributed by atoms with E-state index in [0.717, 1.165) is 31.5 Å². The first-order chi connectivity index (χ1) is 8.88. The van der Waals surface area contributed by atoms with E-state index in [0.29, 0.717) is 11.8 Å². The van der Waals surface area contributed by atoms with Crippen molar-refractivity contribution in [3.63, 3.8) is 0 Å². The summed E-state index contributed by atoms with van der Waals surface area (Å²) in [6, 6.07) is 0. The van der Waals surface area contributed by atoms with Gasteiger partial charge in [-0.1, -0.05) is 13.8 Å². The van der Waals surface area contributed by atoms with Crippen molar-refractivity contribution in [1.82, 2.24) is 9.55 Å². The van der Waals surface area contributed by atoms with Crippen LogP contribution in [-0.4, -0.2) is 33.5 Å². The smallest absolute Gasteiger partial charge is 0.111 e. The molecule has 1 atom stereocenters. The van der Waals surface area contributed by atoms with Gasteiger partial charge in [-0.25, -0.2) is 4.98 Å². The summed E-state index contributed by atoms with van der Waals surface area (Å²) >= 11 is 0. The Morgan fingerprint density at radius 3 is 2.47 bits per heavy atom. The maximum Gasteiger partial charge on any atom is 0.111 e. The van der Waals surface area contributed by atoms with Crippen molar-refractivity contribution >= 4 is 0 Å². The number of methoxy groups -OCH3 is 1. The fourth-order valence-corrected chi connectivity index (χ4v) is 2.98. The van der Waals surface area contributed by atoms with Crippen molar-refractivity contribution in [3.8, 4) is 0 Å². The Bertz CT molecular complexity index is 416. The van der Waals surface area contributed by atoms with Gasteiger partial charge in [-0.3, -0.25) is 0 Å². The van der Waals surface area contributed by atoms with E-state index in [2.05, 4.69) is 18.8 Å². The first-order valence-corrected chi connectivity index (χ1v) is 7.08. The van der Waals surface area contributed by atoms with Crippen molar-refractivity contribution in [1.29, 1.82) is 0 Å². The number of aliphatic hydroxyl groups is 1. The number of ether oxygens (including phenoxy) is 1. The monoisotopic (exact) mass is 266 g/mol. The van der Waals surface area contributed by atoms with Crippen LogP contribution in [0.5, 0.6) is 0 Å². The Kier molecular flexibility index (Phi) is 4.02. The molecule has 4 heteroatoms. The van der Waals surface area contributed by atoms with Crippen molar-refractivity contribution in [2.24, 2.45) is 12.5 Å². The lowest BCUT2D eigenvalue weighted by Gasteiger charge is -2.45. The van der Waals surface area contributed by atoms with Gasteiger partial charge >= 0.3 is 0 Å². The Balaban J connectivity index is 2.07. The molecule has 1 aromatic rings. The second kappa shape index (κ2) is 5.25. The summed E-state index contributed by atoms with van der Waals surface area (Å²) in [4.78, 5) is 4.29. The summed E-state index contributed by atoms with van der Waals surface area (Å²) in [6.45, 7) is 4.58. The van der Waals surface area contributed by atoms with Gasteiger partial charge in [0.1, 0.15) is 5.82 Å². The molecule has 0 spiro atoms. The van der Waals surface area contributed by atoms with Crippen molar-refractivity contribution < 1.29 is 9.84 Å². The molecule has 1 aliphatic rings. The van der Waals surface area contributed by atoms with Gasteiger partial charge in [0.15, 0.2) is 0 Å². The average Bonchev–Trinajstić information content (AvgIpc) is 2.76. The first-order valence-electron chi connectivity index (χ1n) is 7.08. The molecule has 4 nitrogen and oxygen atoms in total. The molecule has 2 rings (SSSR count). The van der Waals surface area contributed by atoms with Gasteiger partial charge in [-0.05, 0) is 31.1 Å². The van der Waals surface area contributed by atoms with E-state index in [4.69, 9.17) is 4.74 Å². The second-order valence-corrected chi connectivity index (χ2v) is 6.61. The maximum absolute atomic E-state index is 10.6. The van der Waals surface area contributed by atoms with Crippen LogP contribution in [0.25, 0.3) is 0 Å². The minimum Gasteiger partial charge on any atom is -0.390 e. The normalized spacial score (nSPS) is 23.2. The fourth-order valence-electron chi connectivity index (χ4n) is 2.98. The molecule has 1 heterocycles. The van der Waals surface area contributed by atoms with Gasteiger partial charge in [-0.15, -0.1) is 0 Å². The van der Waals surface area contributed by atoms with Gasteiger partial charge in [0, 0.05) is 33.0 Å². The standard InChI is InChI=1S/C15H26N2O2/c1-14(2)5-7-15(19-4,8-6-14)12(18)11-13-16-9-10-17(13)3/h9-10,12,18H,5-8,11H2,1-4H3. The Hall–Kier alpha value is -0.870. The molecule has 0 amide bonds. The van der Waals surface area contributed by atoms with Gasteiger partial charge in [0.25, 0.3) is 0 Å². The minimum atomic E-state index is -0.491. The van der Waals surface area contributed by atoms with E-state index in [9.17, 15) is 5.11 Å². The zero-order valence-corrected chi connectivity index (χ0v) is 12.5. The summed E-state index contributed by atoms with van der Waals surface area (Å²) in [6.07, 6.45) is 7.77. The van der Waals surface area contributed by atoms with Crippen LogP contribution in [0.3, 0.4) is 0 Å². The SMILES string of the molecule is COC1(C(O)Cc2nccn2C)CCC(C)(C)CC1. The molecule has 1 unspecified atom stereocenters. The molecule has 1 saturated carbocycles. The summed E-state index contributed by atoms with van der Waals surface area (Å²) in [5.74, 6) is 0.911. The lowest BCUT2D eigenvalue weighted by molar-refractivity contribution is -0.136. The highest BCUT2D eigenvalue weighted by atomic mass is 16.5. The molecule has 1 fully saturated rings. The third kappa shape index (κ3) is 3.00. The number of nitrogens with zero attached hydrogens (tertiary/aromatic N) is 2. The molecule has 0 aromatic carbocycles. The fraction of sp³-hybridized carbons (Fsp3) is 0.800. The molecule has 1 aromatic heterocycles. The number of imidazole rings is 1. The van der Waals surface area contributed by atoms with E-state index in [1.54, 1.807) is 13.3 Å². The Morgan fingerprint density at radius 2 is 2.00 bits per heavy atom. The number of hydrogen-bond donors (Lipinski definition) is 1. The zero-order valence-electron chi connectivity index (χ0n) is 12.5. The van der Waals surface area contributed by atoms with Crippen molar-refractivity contribution in [2.75, 3.05) is 7.11 Å². The average molecular weight is 266 g/mol. The van der Waals surface area contributed by atoms with Gasteiger partial charge in [0.2, 0.25) is 0 Å². The molecule has 1 N–H and O–H groups in total. The quantitative estimate of drug-likeness (QED) is 0.909. The van der Waals surface area contributed by atoms with Crippen LogP contribution in [0, 0.1) is 5.41 Å². The molecule has 1 aliphatic carbocycles. The molecule has 0 bridgehead atoms. The third-order valence-electron chi connectivity index (χ3n) is 4.76. The van der Waals surface area contributed by atoms with Crippen LogP contribution in [0.4, 0.5) is 0 Å². The van der Waals surface area contributed by atoms with Crippen LogP contribution < -0.4 is 0 Å². The Labute approximate surface area is 115 Å². The molecule has 19 heavy (non-hydrogen) atoms. The molecule has 0 radical (unpaired) electrons. The van der Waals surface area contributed by atoms with Gasteiger partial charge in [-0.2, -0.15) is 0 Å². The highest BCUT2D eigenvalue weighted by Gasteiger charge is 2.43. The van der Waals surface area contributed by atoms with Crippen LogP contribution in [0.15, 0.2) is 12.4 Å². The van der Waals surface area contributed by atoms with E-state index in [1.807, 2.05) is 17.8 Å². The van der Waals surface area contributed by atoms with E-state index < -0.39 is 11.7 Å². The molecular formula is C15H26N2O2. The van der Waals surface area contributed by atoms with Crippen LogP contribution in [0.1, 0.15) is 45.4 Å². The van der Waals surface area contributed by atoms with Crippen LogP contribution >= 0.6 is 0 Å². The molecule has 108 valence electrons. The van der Waals surface area contributed by atoms with Crippen molar-refractivity contribution in [2.45, 2.75) is 57.7 Å². The van der Waals surface area contributed by atoms with Crippen molar-refractivity contribution in [3.05, 3.63) is 18.2 Å². The number of aromatic nitrogens is 2. The molecule has 0 aliphatic heterocycles. The summed E-state index contributed by atoms with van der Waals surface area (Å²) < 4.78 is 7.69. The molecular weight excluding hydrogens is 240 g/mol. The lowest BCUT2D eigenvalue weighted by Crippen LogP contribution is -2.49.